The van der Waals surface area contributed by atoms with Crippen molar-refractivity contribution >= 4 is 27.6 Å². The number of carbonyl (C=O) groups excluding carboxylic acids is 1. The number of anilines is 1. The van der Waals surface area contributed by atoms with Crippen LogP contribution < -0.4 is 5.32 Å². The Morgan fingerprint density at radius 2 is 1.93 bits per heavy atom. The van der Waals surface area contributed by atoms with Gasteiger partial charge in [-0.1, -0.05) is 0 Å². The van der Waals surface area contributed by atoms with Gasteiger partial charge in [-0.05, 0) is 22.0 Å². The van der Waals surface area contributed by atoms with E-state index in [1.807, 2.05) is 0 Å². The highest BCUT2D eigenvalue weighted by Gasteiger charge is 2.11. The summed E-state index contributed by atoms with van der Waals surface area (Å²) >= 11 is 2.90. The summed E-state index contributed by atoms with van der Waals surface area (Å²) < 4.78 is 26.1. The molecule has 2 amide bonds. The van der Waals surface area contributed by atoms with Crippen LogP contribution in [0, 0.1) is 11.6 Å². The van der Waals surface area contributed by atoms with Gasteiger partial charge < -0.3 is 10.2 Å². The molecule has 0 aliphatic carbocycles. The van der Waals surface area contributed by atoms with Gasteiger partial charge in [-0.3, -0.25) is 0 Å². The number of nitrogens with one attached hydrogen (secondary N) is 1. The van der Waals surface area contributed by atoms with E-state index in [1.54, 1.807) is 0 Å². The first-order valence-corrected chi connectivity index (χ1v) is 4.84. The van der Waals surface area contributed by atoms with Gasteiger partial charge in [0, 0.05) is 20.2 Å². The average molecular weight is 279 g/mol. The number of carbonyl (C=O) groups is 1. The molecule has 0 fully saturated rings. The van der Waals surface area contributed by atoms with Crippen LogP contribution in [0.5, 0.6) is 0 Å². The van der Waals surface area contributed by atoms with Crippen LogP contribution in [0.2, 0.25) is 0 Å². The highest BCUT2D eigenvalue weighted by Crippen LogP contribution is 2.23. The van der Waals surface area contributed by atoms with E-state index in [-0.39, 0.29) is 10.2 Å². The van der Waals surface area contributed by atoms with Crippen LogP contribution in [-0.2, 0) is 0 Å². The second-order valence-electron chi connectivity index (χ2n) is 3.07. The van der Waals surface area contributed by atoms with Gasteiger partial charge in [0.25, 0.3) is 0 Å². The monoisotopic (exact) mass is 278 g/mol. The van der Waals surface area contributed by atoms with Gasteiger partial charge in [0.1, 0.15) is 11.6 Å². The van der Waals surface area contributed by atoms with E-state index in [9.17, 15) is 13.6 Å². The number of rotatable bonds is 1. The Balaban J connectivity index is 2.96. The van der Waals surface area contributed by atoms with E-state index in [0.717, 1.165) is 0 Å². The molecule has 6 heteroatoms. The SMILES string of the molecule is CN(C)C(=O)Nc1cc(Br)c(F)cc1F. The van der Waals surface area contributed by atoms with Gasteiger partial charge in [0.15, 0.2) is 0 Å². The van der Waals surface area contributed by atoms with Crippen LogP contribution >= 0.6 is 15.9 Å². The zero-order valence-corrected chi connectivity index (χ0v) is 9.73. The molecule has 0 aromatic heterocycles. The van der Waals surface area contributed by atoms with Gasteiger partial charge >= 0.3 is 6.03 Å². The van der Waals surface area contributed by atoms with Crippen molar-refractivity contribution in [3.8, 4) is 0 Å². The fourth-order valence-electron chi connectivity index (χ4n) is 0.845. The van der Waals surface area contributed by atoms with Gasteiger partial charge in [0.05, 0.1) is 10.2 Å². The van der Waals surface area contributed by atoms with Crippen molar-refractivity contribution in [2.75, 3.05) is 19.4 Å². The molecule has 0 spiro atoms. The molecule has 0 atom stereocenters. The van der Waals surface area contributed by atoms with Crippen LogP contribution in [0.15, 0.2) is 16.6 Å². The minimum absolute atomic E-state index is 0.0676. The van der Waals surface area contributed by atoms with Crippen LogP contribution in [0.3, 0.4) is 0 Å². The maximum atomic E-state index is 13.2. The Hall–Kier alpha value is -1.17. The Bertz CT molecular complexity index is 396. The second-order valence-corrected chi connectivity index (χ2v) is 3.93. The standard InChI is InChI=1S/C9H9BrF2N2O/c1-14(2)9(15)13-8-3-5(10)6(11)4-7(8)12/h3-4H,1-2H3,(H,13,15). The lowest BCUT2D eigenvalue weighted by molar-refractivity contribution is 0.230. The number of nitrogens with zero attached hydrogens (tertiary/aromatic N) is 1. The number of hydrogen-bond donors (Lipinski definition) is 1. The van der Waals surface area contributed by atoms with Crippen LogP contribution in [0.4, 0.5) is 19.3 Å². The lowest BCUT2D eigenvalue weighted by Gasteiger charge is -2.12. The fourth-order valence-corrected chi connectivity index (χ4v) is 1.19. The molecule has 0 heterocycles. The fraction of sp³-hybridized carbons (Fsp3) is 0.222. The second kappa shape index (κ2) is 4.57. The summed E-state index contributed by atoms with van der Waals surface area (Å²) in [7, 11) is 3.04. The number of benzene rings is 1. The predicted octanol–water partition coefficient (Wildman–Crippen LogP) is 2.82. The molecule has 0 saturated carbocycles. The quantitative estimate of drug-likeness (QED) is 0.788. The lowest BCUT2D eigenvalue weighted by Crippen LogP contribution is -2.27. The third-order valence-electron chi connectivity index (χ3n) is 1.66. The first-order chi connectivity index (χ1) is 6.91. The van der Waals surface area contributed by atoms with Crippen molar-refractivity contribution in [1.82, 2.24) is 4.90 Å². The number of urea groups is 1. The molecule has 1 aromatic carbocycles. The van der Waals surface area contributed by atoms with Crippen molar-refractivity contribution in [3.05, 3.63) is 28.2 Å². The maximum absolute atomic E-state index is 13.2. The van der Waals surface area contributed by atoms with E-state index in [2.05, 4.69) is 21.2 Å². The summed E-state index contributed by atoms with van der Waals surface area (Å²) in [6, 6.07) is 1.40. The highest BCUT2D eigenvalue weighted by atomic mass is 79.9. The van der Waals surface area contributed by atoms with Crippen molar-refractivity contribution in [2.24, 2.45) is 0 Å². The van der Waals surface area contributed by atoms with Crippen LogP contribution in [0.1, 0.15) is 0 Å². The highest BCUT2D eigenvalue weighted by molar-refractivity contribution is 9.10. The molecule has 0 aliphatic heterocycles. The molecule has 0 aliphatic rings. The van der Waals surface area contributed by atoms with Gasteiger partial charge in [-0.25, -0.2) is 13.6 Å². The summed E-state index contributed by atoms with van der Waals surface area (Å²) in [6.07, 6.45) is 0. The number of amides is 2. The molecule has 1 aromatic rings. The first kappa shape index (κ1) is 11.9. The van der Waals surface area contributed by atoms with Crippen LogP contribution in [0.25, 0.3) is 0 Å². The third-order valence-corrected chi connectivity index (χ3v) is 2.27. The minimum Gasteiger partial charge on any atom is -0.331 e. The normalized spacial score (nSPS) is 9.93. The summed E-state index contributed by atoms with van der Waals surface area (Å²) in [5, 5.41) is 2.29. The molecule has 1 N–H and O–H groups in total. The molecule has 3 nitrogen and oxygen atoms in total. The zero-order valence-electron chi connectivity index (χ0n) is 8.14. The third kappa shape index (κ3) is 2.89. The Labute approximate surface area is 94.2 Å². The number of halogens is 3. The minimum atomic E-state index is -0.814. The largest absolute Gasteiger partial charge is 0.331 e. The van der Waals surface area contributed by atoms with E-state index in [0.29, 0.717) is 6.07 Å². The summed E-state index contributed by atoms with van der Waals surface area (Å²) in [5.74, 6) is -1.53. The maximum Gasteiger partial charge on any atom is 0.321 e. The Morgan fingerprint density at radius 3 is 2.47 bits per heavy atom. The molecule has 1 rings (SSSR count). The Morgan fingerprint density at radius 1 is 1.33 bits per heavy atom. The summed E-state index contributed by atoms with van der Waals surface area (Å²) in [4.78, 5) is 12.4. The topological polar surface area (TPSA) is 32.3 Å². The van der Waals surface area contributed by atoms with E-state index in [4.69, 9.17) is 0 Å². The van der Waals surface area contributed by atoms with Crippen molar-refractivity contribution in [3.63, 3.8) is 0 Å². The van der Waals surface area contributed by atoms with E-state index < -0.39 is 17.7 Å². The molecular formula is C9H9BrF2N2O. The van der Waals surface area contributed by atoms with Crippen LogP contribution in [-0.4, -0.2) is 25.0 Å². The molecule has 0 radical (unpaired) electrons. The molecule has 15 heavy (non-hydrogen) atoms. The molecular weight excluding hydrogens is 270 g/mol. The van der Waals surface area contributed by atoms with Crippen molar-refractivity contribution < 1.29 is 13.6 Å². The lowest BCUT2D eigenvalue weighted by atomic mass is 10.3. The first-order valence-electron chi connectivity index (χ1n) is 4.04. The van der Waals surface area contributed by atoms with E-state index in [1.165, 1.54) is 25.1 Å². The van der Waals surface area contributed by atoms with Crippen molar-refractivity contribution in [2.45, 2.75) is 0 Å². The molecule has 82 valence electrons. The van der Waals surface area contributed by atoms with Crippen molar-refractivity contribution in [1.29, 1.82) is 0 Å². The summed E-state index contributed by atoms with van der Waals surface area (Å²) in [6.45, 7) is 0. The van der Waals surface area contributed by atoms with Gasteiger partial charge in [-0.2, -0.15) is 0 Å². The van der Waals surface area contributed by atoms with Gasteiger partial charge in [0.2, 0.25) is 0 Å². The average Bonchev–Trinajstić information content (AvgIpc) is 2.13. The molecule has 0 bridgehead atoms. The molecule has 0 saturated heterocycles. The predicted molar refractivity (Wildman–Crippen MR) is 56.8 cm³/mol. The Kier molecular flexibility index (Phi) is 3.62. The smallest absolute Gasteiger partial charge is 0.321 e. The summed E-state index contributed by atoms with van der Waals surface area (Å²) in [5.41, 5.74) is -0.0676. The zero-order chi connectivity index (χ0) is 11.6. The van der Waals surface area contributed by atoms with Gasteiger partial charge in [-0.15, -0.1) is 0 Å². The number of hydrogen-bond acceptors (Lipinski definition) is 1. The molecule has 0 unspecified atom stereocenters. The van der Waals surface area contributed by atoms with E-state index >= 15 is 0 Å².